The minimum atomic E-state index is -1.25. The number of aliphatic hydroxyl groups is 1. The molecule has 16 nitrogen and oxygen atoms in total. The number of halogens is 1. The van der Waals surface area contributed by atoms with E-state index in [0.717, 1.165) is 25.7 Å². The Morgan fingerprint density at radius 1 is 0.904 bits per heavy atom. The van der Waals surface area contributed by atoms with Crippen molar-refractivity contribution in [1.29, 1.82) is 0 Å². The topological polar surface area (TPSA) is 212 Å². The number of carboxylic acid groups (broad SMARTS) is 1. The second-order valence-electron chi connectivity index (χ2n) is 12.6. The Morgan fingerprint density at radius 2 is 1.63 bits per heavy atom. The number of rotatable bonds is 10. The van der Waals surface area contributed by atoms with E-state index in [9.17, 15) is 34.2 Å². The molecule has 4 amide bonds. The Morgan fingerprint density at radius 3 is 2.29 bits per heavy atom. The van der Waals surface area contributed by atoms with Crippen LogP contribution in [0.5, 0.6) is 0 Å². The maximum absolute atomic E-state index is 13.6. The summed E-state index contributed by atoms with van der Waals surface area (Å²) in [5.41, 5.74) is 2.10. The number of benzene rings is 3. The van der Waals surface area contributed by atoms with Crippen LogP contribution in [0.15, 0.2) is 73.1 Å². The van der Waals surface area contributed by atoms with Crippen molar-refractivity contribution in [3.8, 4) is 5.69 Å². The average Bonchev–Trinajstić information content (AvgIpc) is 3.67. The summed E-state index contributed by atoms with van der Waals surface area (Å²) in [5.74, 6) is -4.02. The second-order valence-corrected chi connectivity index (χ2v) is 13.1. The van der Waals surface area contributed by atoms with Gasteiger partial charge in [-0.1, -0.05) is 23.7 Å². The summed E-state index contributed by atoms with van der Waals surface area (Å²) in [7, 11) is 0. The van der Waals surface area contributed by atoms with E-state index in [-0.39, 0.29) is 46.4 Å². The lowest BCUT2D eigenvalue weighted by molar-refractivity contribution is -0.137. The van der Waals surface area contributed by atoms with Crippen LogP contribution in [-0.4, -0.2) is 103 Å². The van der Waals surface area contributed by atoms with Crippen LogP contribution in [0.4, 0.5) is 17.1 Å². The van der Waals surface area contributed by atoms with E-state index in [1.807, 2.05) is 0 Å². The third kappa shape index (κ3) is 8.77. The first-order valence-corrected chi connectivity index (χ1v) is 17.0. The molecule has 0 radical (unpaired) electrons. The highest BCUT2D eigenvalue weighted by molar-refractivity contribution is 6.40. The van der Waals surface area contributed by atoms with Gasteiger partial charge in [-0.05, 0) is 96.3 Å². The number of nitrogens with zero attached hydrogens (tertiary/aromatic N) is 6. The lowest BCUT2D eigenvalue weighted by Gasteiger charge is -2.41. The van der Waals surface area contributed by atoms with Crippen LogP contribution >= 0.6 is 11.6 Å². The Hall–Kier alpha value is -5.71. The van der Waals surface area contributed by atoms with E-state index in [4.69, 9.17) is 11.6 Å². The summed E-state index contributed by atoms with van der Waals surface area (Å²) in [6.45, 7) is 1.51. The number of nitrogens with one attached hydrogen (secondary N) is 3. The van der Waals surface area contributed by atoms with Gasteiger partial charge in [0, 0.05) is 41.9 Å². The smallest absolute Gasteiger partial charge is 0.335 e. The number of hydrogen-bond donors (Lipinski definition) is 5. The molecule has 270 valence electrons. The largest absolute Gasteiger partial charge is 0.478 e. The molecule has 4 aromatic rings. The molecule has 1 saturated carbocycles. The van der Waals surface area contributed by atoms with Crippen LogP contribution in [-0.2, 0) is 25.6 Å². The van der Waals surface area contributed by atoms with Crippen LogP contribution in [0.25, 0.3) is 5.69 Å². The summed E-state index contributed by atoms with van der Waals surface area (Å²) >= 11 is 6.14. The van der Waals surface area contributed by atoms with E-state index in [1.54, 1.807) is 41.3 Å². The molecule has 2 aliphatic rings. The van der Waals surface area contributed by atoms with E-state index in [1.165, 1.54) is 41.3 Å². The van der Waals surface area contributed by atoms with Crippen LogP contribution in [0.3, 0.4) is 0 Å². The van der Waals surface area contributed by atoms with Crippen molar-refractivity contribution < 1.29 is 34.2 Å². The van der Waals surface area contributed by atoms with Crippen molar-refractivity contribution in [2.45, 2.75) is 50.3 Å². The first-order valence-electron chi connectivity index (χ1n) is 16.6. The first kappa shape index (κ1) is 36.1. The Kier molecular flexibility index (Phi) is 11.2. The number of tetrazole rings is 1. The van der Waals surface area contributed by atoms with Gasteiger partial charge in [0.25, 0.3) is 0 Å². The Labute approximate surface area is 302 Å². The molecule has 1 atom stereocenters. The number of carboxylic acids is 1. The SMILES string of the molecule is O=C(Nc1cc(Cl)ccc1-n1cnnn1)C(=O)N[C@@H](Cc1ccc(N2CCN(C3CCC(O)CC3)CC2=O)cc1)C(=O)Nc1ccc(C(=O)O)cc1. The minimum absolute atomic E-state index is 0.0235. The zero-order valence-corrected chi connectivity index (χ0v) is 28.6. The lowest BCUT2D eigenvalue weighted by Crippen LogP contribution is -2.54. The fourth-order valence-electron chi connectivity index (χ4n) is 6.36. The zero-order chi connectivity index (χ0) is 36.8. The molecule has 1 aliphatic carbocycles. The molecular weight excluding hydrogens is 694 g/mol. The van der Waals surface area contributed by atoms with Crippen LogP contribution in [0.2, 0.25) is 5.02 Å². The van der Waals surface area contributed by atoms with Crippen molar-refractivity contribution in [3.63, 3.8) is 0 Å². The Balaban J connectivity index is 1.15. The maximum Gasteiger partial charge on any atom is 0.335 e. The van der Waals surface area contributed by atoms with Crippen LogP contribution < -0.4 is 20.9 Å². The number of carbonyl (C=O) groups is 5. The molecule has 2 fully saturated rings. The van der Waals surface area contributed by atoms with Gasteiger partial charge in [0.05, 0.1) is 29.6 Å². The minimum Gasteiger partial charge on any atom is -0.478 e. The van der Waals surface area contributed by atoms with Crippen molar-refractivity contribution >= 4 is 58.3 Å². The summed E-state index contributed by atoms with van der Waals surface area (Å²) in [4.78, 5) is 68.3. The van der Waals surface area contributed by atoms with Gasteiger partial charge in [-0.15, -0.1) is 5.10 Å². The highest BCUT2D eigenvalue weighted by atomic mass is 35.5. The number of hydrogen-bond acceptors (Lipinski definition) is 10. The van der Waals surface area contributed by atoms with E-state index < -0.39 is 29.7 Å². The van der Waals surface area contributed by atoms with Gasteiger partial charge >= 0.3 is 17.8 Å². The first-order chi connectivity index (χ1) is 25.0. The number of amides is 4. The number of anilines is 3. The molecule has 0 unspecified atom stereocenters. The van der Waals surface area contributed by atoms with Crippen molar-refractivity contribution in [2.75, 3.05) is 35.2 Å². The molecule has 1 aromatic heterocycles. The summed E-state index contributed by atoms with van der Waals surface area (Å²) < 4.78 is 1.27. The van der Waals surface area contributed by atoms with Gasteiger partial charge in [0.1, 0.15) is 12.4 Å². The lowest BCUT2D eigenvalue weighted by atomic mass is 9.91. The molecule has 17 heteroatoms. The molecule has 1 saturated heterocycles. The second kappa shape index (κ2) is 16.1. The molecule has 3 aromatic carbocycles. The maximum atomic E-state index is 13.6. The highest BCUT2D eigenvalue weighted by Gasteiger charge is 2.32. The molecule has 5 N–H and O–H groups in total. The zero-order valence-electron chi connectivity index (χ0n) is 27.8. The number of piperazine rings is 1. The molecule has 0 spiro atoms. The van der Waals surface area contributed by atoms with Crippen molar-refractivity contribution in [1.82, 2.24) is 30.4 Å². The van der Waals surface area contributed by atoms with Crippen LogP contribution in [0.1, 0.15) is 41.6 Å². The van der Waals surface area contributed by atoms with Gasteiger partial charge in [0.15, 0.2) is 0 Å². The predicted molar refractivity (Wildman–Crippen MR) is 189 cm³/mol. The molecular formula is C35H36ClN9O7. The molecule has 1 aliphatic heterocycles. The van der Waals surface area contributed by atoms with Gasteiger partial charge in [-0.3, -0.25) is 24.1 Å². The summed E-state index contributed by atoms with van der Waals surface area (Å²) in [6.07, 6.45) is 4.23. The standard InChI is InChI=1S/C35H36ClN9O7/c36-23-5-14-30(45-20-37-41-42-45)28(18-23)39-33(49)34(50)40-29(32(48)38-24-6-3-22(4-7-24)35(51)52)17-21-1-8-26(9-2-21)44-16-15-43(19-31(44)47)25-10-12-27(46)13-11-25/h1-9,14,18,20,25,27,29,46H,10-13,15-17,19H2,(H,38,48)(H,39,49)(H,40,50)(H,51,52)/t25?,27?,29-/m0/s1. The summed E-state index contributed by atoms with van der Waals surface area (Å²) in [6, 6.07) is 16.1. The summed E-state index contributed by atoms with van der Waals surface area (Å²) in [5, 5.41) is 38.0. The number of carbonyl (C=O) groups excluding carboxylic acids is 4. The fourth-order valence-corrected chi connectivity index (χ4v) is 6.54. The number of aromatic nitrogens is 4. The van der Waals surface area contributed by atoms with Gasteiger partial charge < -0.3 is 31.1 Å². The predicted octanol–water partition coefficient (Wildman–Crippen LogP) is 2.27. The fraction of sp³-hybridized carbons (Fsp3) is 0.314. The quantitative estimate of drug-likeness (QED) is 0.149. The van der Waals surface area contributed by atoms with E-state index >= 15 is 0 Å². The van der Waals surface area contributed by atoms with E-state index in [0.29, 0.717) is 36.6 Å². The average molecular weight is 730 g/mol. The van der Waals surface area contributed by atoms with Gasteiger partial charge in [-0.25, -0.2) is 4.79 Å². The monoisotopic (exact) mass is 729 g/mol. The van der Waals surface area contributed by atoms with Gasteiger partial charge in [0.2, 0.25) is 11.8 Å². The molecule has 2 heterocycles. The third-order valence-corrected chi connectivity index (χ3v) is 9.39. The van der Waals surface area contributed by atoms with Crippen molar-refractivity contribution in [3.05, 3.63) is 89.2 Å². The van der Waals surface area contributed by atoms with E-state index in [2.05, 4.69) is 36.4 Å². The number of aromatic carboxylic acids is 1. The van der Waals surface area contributed by atoms with Crippen LogP contribution in [0, 0.1) is 0 Å². The molecule has 6 rings (SSSR count). The normalized spacial score (nSPS) is 18.3. The number of aliphatic hydroxyl groups excluding tert-OH is 1. The molecule has 0 bridgehead atoms. The Bertz CT molecular complexity index is 1930. The van der Waals surface area contributed by atoms with Gasteiger partial charge in [-0.2, -0.15) is 4.68 Å². The van der Waals surface area contributed by atoms with Crippen molar-refractivity contribution in [2.24, 2.45) is 0 Å². The highest BCUT2D eigenvalue weighted by Crippen LogP contribution is 2.27. The molecule has 52 heavy (non-hydrogen) atoms. The third-order valence-electron chi connectivity index (χ3n) is 9.15.